The van der Waals surface area contributed by atoms with Gasteiger partial charge in [-0.2, -0.15) is 13.2 Å². The van der Waals surface area contributed by atoms with E-state index in [4.69, 9.17) is 10.5 Å². The molecule has 2 rings (SSSR count). The first-order chi connectivity index (χ1) is 8.45. The molecule has 1 aromatic heterocycles. The highest BCUT2D eigenvalue weighted by Gasteiger charge is 2.30. The summed E-state index contributed by atoms with van der Waals surface area (Å²) in [6.07, 6.45) is -4.39. The van der Waals surface area contributed by atoms with Crippen LogP contribution in [0.2, 0.25) is 0 Å². The van der Waals surface area contributed by atoms with E-state index in [1.165, 1.54) is 18.2 Å². The number of aromatic nitrogens is 1. The number of anilines is 1. The van der Waals surface area contributed by atoms with Crippen LogP contribution in [0, 0.1) is 0 Å². The third-order valence-corrected chi connectivity index (χ3v) is 2.13. The molecule has 0 unspecified atom stereocenters. The van der Waals surface area contributed by atoms with Crippen LogP contribution in [-0.2, 0) is 12.8 Å². The predicted molar refractivity (Wildman–Crippen MR) is 56.7 cm³/mol. The van der Waals surface area contributed by atoms with Crippen LogP contribution in [0.3, 0.4) is 0 Å². The van der Waals surface area contributed by atoms with Crippen molar-refractivity contribution in [3.8, 4) is 5.75 Å². The molecule has 0 atom stereocenters. The number of ether oxygens (including phenoxy) is 1. The Hall–Kier alpha value is -2.18. The van der Waals surface area contributed by atoms with Gasteiger partial charge in [-0.25, -0.2) is 0 Å². The number of benzene rings is 1. The van der Waals surface area contributed by atoms with E-state index in [0.29, 0.717) is 5.69 Å². The van der Waals surface area contributed by atoms with Crippen molar-refractivity contribution in [2.24, 2.45) is 0 Å². The van der Waals surface area contributed by atoms with Gasteiger partial charge in [-0.15, -0.1) is 0 Å². The number of nitrogen functional groups attached to an aromatic ring is 1. The van der Waals surface area contributed by atoms with Crippen molar-refractivity contribution >= 4 is 5.88 Å². The van der Waals surface area contributed by atoms with Crippen LogP contribution in [0.15, 0.2) is 34.9 Å². The SMILES string of the molecule is Nc1cc(COc2cccc(C(F)(F)F)c2)no1. The number of nitrogens with zero attached hydrogens (tertiary/aromatic N) is 1. The minimum atomic E-state index is -4.39. The van der Waals surface area contributed by atoms with Crippen molar-refractivity contribution in [1.29, 1.82) is 0 Å². The van der Waals surface area contributed by atoms with Gasteiger partial charge in [-0.05, 0) is 18.2 Å². The number of rotatable bonds is 3. The average molecular weight is 258 g/mol. The topological polar surface area (TPSA) is 61.3 Å². The molecule has 0 radical (unpaired) electrons. The number of alkyl halides is 3. The number of halogens is 3. The first-order valence-corrected chi connectivity index (χ1v) is 4.96. The average Bonchev–Trinajstić information content (AvgIpc) is 2.72. The summed E-state index contributed by atoms with van der Waals surface area (Å²) in [4.78, 5) is 0. The lowest BCUT2D eigenvalue weighted by Crippen LogP contribution is -2.05. The lowest BCUT2D eigenvalue weighted by molar-refractivity contribution is -0.137. The summed E-state index contributed by atoms with van der Waals surface area (Å²) in [5, 5.41) is 3.55. The normalized spacial score (nSPS) is 11.5. The fourth-order valence-electron chi connectivity index (χ4n) is 1.32. The Labute approximate surface area is 100 Å². The predicted octanol–water partition coefficient (Wildman–Crippen LogP) is 2.85. The van der Waals surface area contributed by atoms with Crippen LogP contribution in [-0.4, -0.2) is 5.16 Å². The molecule has 0 aliphatic heterocycles. The highest BCUT2D eigenvalue weighted by atomic mass is 19.4. The first kappa shape index (κ1) is 12.3. The van der Waals surface area contributed by atoms with Gasteiger partial charge in [-0.3, -0.25) is 0 Å². The molecule has 0 bridgehead atoms. The van der Waals surface area contributed by atoms with Crippen molar-refractivity contribution in [2.45, 2.75) is 12.8 Å². The van der Waals surface area contributed by atoms with Gasteiger partial charge in [0.2, 0.25) is 5.88 Å². The zero-order valence-electron chi connectivity index (χ0n) is 9.07. The molecule has 4 nitrogen and oxygen atoms in total. The van der Waals surface area contributed by atoms with Gasteiger partial charge in [0, 0.05) is 6.07 Å². The Bertz CT molecular complexity index is 537. The highest BCUT2D eigenvalue weighted by molar-refractivity contribution is 5.30. The van der Waals surface area contributed by atoms with E-state index >= 15 is 0 Å². The molecule has 1 heterocycles. The molecule has 0 saturated carbocycles. The second kappa shape index (κ2) is 4.59. The van der Waals surface area contributed by atoms with Crippen LogP contribution in [0.4, 0.5) is 19.1 Å². The summed E-state index contributed by atoms with van der Waals surface area (Å²) >= 11 is 0. The Morgan fingerprint density at radius 3 is 2.67 bits per heavy atom. The van der Waals surface area contributed by atoms with Gasteiger partial charge < -0.3 is 15.0 Å². The fourth-order valence-corrected chi connectivity index (χ4v) is 1.32. The zero-order valence-corrected chi connectivity index (χ0v) is 9.07. The van der Waals surface area contributed by atoms with E-state index in [1.807, 2.05) is 0 Å². The molecule has 0 saturated heterocycles. The largest absolute Gasteiger partial charge is 0.487 e. The molecule has 0 spiro atoms. The van der Waals surface area contributed by atoms with Gasteiger partial charge in [0.1, 0.15) is 18.1 Å². The summed E-state index contributed by atoms with van der Waals surface area (Å²) in [6, 6.07) is 6.03. The maximum Gasteiger partial charge on any atom is 0.416 e. The lowest BCUT2D eigenvalue weighted by Gasteiger charge is -2.09. The zero-order chi connectivity index (χ0) is 13.2. The molecule has 7 heteroatoms. The van der Waals surface area contributed by atoms with Crippen LogP contribution in [0.1, 0.15) is 11.3 Å². The number of nitrogens with two attached hydrogens (primary N) is 1. The molecule has 0 aliphatic rings. The van der Waals surface area contributed by atoms with Crippen molar-refractivity contribution < 1.29 is 22.4 Å². The number of hydrogen-bond acceptors (Lipinski definition) is 4. The fraction of sp³-hybridized carbons (Fsp3) is 0.182. The highest BCUT2D eigenvalue weighted by Crippen LogP contribution is 2.31. The van der Waals surface area contributed by atoms with Crippen LogP contribution < -0.4 is 10.5 Å². The molecule has 0 fully saturated rings. The lowest BCUT2D eigenvalue weighted by atomic mass is 10.2. The third-order valence-electron chi connectivity index (χ3n) is 2.13. The molecule has 2 N–H and O–H groups in total. The van der Waals surface area contributed by atoms with E-state index in [2.05, 4.69) is 9.68 Å². The number of hydrogen-bond donors (Lipinski definition) is 1. The molecule has 0 aliphatic carbocycles. The van der Waals surface area contributed by atoms with Crippen LogP contribution in [0.25, 0.3) is 0 Å². The molecular weight excluding hydrogens is 249 g/mol. The monoisotopic (exact) mass is 258 g/mol. The van der Waals surface area contributed by atoms with Gasteiger partial charge in [0.25, 0.3) is 0 Å². The third kappa shape index (κ3) is 2.93. The van der Waals surface area contributed by atoms with Crippen LogP contribution >= 0.6 is 0 Å². The van der Waals surface area contributed by atoms with Gasteiger partial charge >= 0.3 is 6.18 Å². The quantitative estimate of drug-likeness (QED) is 0.919. The summed E-state index contributed by atoms with van der Waals surface area (Å²) in [7, 11) is 0. The van der Waals surface area contributed by atoms with Crippen molar-refractivity contribution in [3.63, 3.8) is 0 Å². The van der Waals surface area contributed by atoms with E-state index in [-0.39, 0.29) is 18.2 Å². The first-order valence-electron chi connectivity index (χ1n) is 4.96. The van der Waals surface area contributed by atoms with Crippen molar-refractivity contribution in [3.05, 3.63) is 41.6 Å². The smallest absolute Gasteiger partial charge is 0.416 e. The standard InChI is InChI=1S/C11H9F3N2O2/c12-11(13,14)7-2-1-3-9(4-7)17-6-8-5-10(15)18-16-8/h1-5H,6,15H2. The summed E-state index contributed by atoms with van der Waals surface area (Å²) in [5.74, 6) is 0.226. The van der Waals surface area contributed by atoms with Crippen LogP contribution in [0.5, 0.6) is 5.75 Å². The van der Waals surface area contributed by atoms with E-state index in [1.54, 1.807) is 0 Å². The molecule has 18 heavy (non-hydrogen) atoms. The maximum atomic E-state index is 12.4. The molecule has 0 amide bonds. The van der Waals surface area contributed by atoms with E-state index in [9.17, 15) is 13.2 Å². The second-order valence-electron chi connectivity index (χ2n) is 3.53. The minimum Gasteiger partial charge on any atom is -0.487 e. The summed E-state index contributed by atoms with van der Waals surface area (Å²) < 4.78 is 47.1. The maximum absolute atomic E-state index is 12.4. The molecule has 96 valence electrons. The van der Waals surface area contributed by atoms with E-state index in [0.717, 1.165) is 12.1 Å². The summed E-state index contributed by atoms with van der Waals surface area (Å²) in [6.45, 7) is -0.0119. The molecular formula is C11H9F3N2O2. The van der Waals surface area contributed by atoms with Crippen molar-refractivity contribution in [1.82, 2.24) is 5.16 Å². The molecule has 2 aromatic rings. The van der Waals surface area contributed by atoms with E-state index < -0.39 is 11.7 Å². The van der Waals surface area contributed by atoms with Gasteiger partial charge in [0.05, 0.1) is 5.56 Å². The Balaban J connectivity index is 2.06. The second-order valence-corrected chi connectivity index (χ2v) is 3.53. The van der Waals surface area contributed by atoms with Crippen molar-refractivity contribution in [2.75, 3.05) is 5.73 Å². The summed E-state index contributed by atoms with van der Waals surface area (Å²) in [5.41, 5.74) is 4.94. The van der Waals surface area contributed by atoms with Gasteiger partial charge in [-0.1, -0.05) is 11.2 Å². The Kier molecular flexibility index (Phi) is 3.14. The molecule has 1 aromatic carbocycles. The Morgan fingerprint density at radius 2 is 2.06 bits per heavy atom. The minimum absolute atomic E-state index is 0.0119. The van der Waals surface area contributed by atoms with Gasteiger partial charge in [0.15, 0.2) is 0 Å². The Morgan fingerprint density at radius 1 is 1.28 bits per heavy atom.